The predicted molar refractivity (Wildman–Crippen MR) is 125 cm³/mol. The highest BCUT2D eigenvalue weighted by Crippen LogP contribution is 2.16. The van der Waals surface area contributed by atoms with Crippen LogP contribution in [0.5, 0.6) is 0 Å². The van der Waals surface area contributed by atoms with Gasteiger partial charge in [-0.05, 0) is 46.7 Å². The van der Waals surface area contributed by atoms with Crippen LogP contribution in [-0.2, 0) is 9.59 Å². The Morgan fingerprint density at radius 3 is 2.43 bits per heavy atom. The van der Waals surface area contributed by atoms with Crippen molar-refractivity contribution in [3.8, 4) is 0 Å². The molecule has 1 saturated heterocycles. The first-order chi connectivity index (χ1) is 12.7. The van der Waals surface area contributed by atoms with Gasteiger partial charge >= 0.3 is 0 Å². The molecule has 1 aliphatic heterocycles. The molecule has 1 unspecified atom stereocenters. The van der Waals surface area contributed by atoms with Gasteiger partial charge in [-0.2, -0.15) is 0 Å². The van der Waals surface area contributed by atoms with E-state index in [2.05, 4.69) is 32.8 Å². The van der Waals surface area contributed by atoms with Gasteiger partial charge in [-0.1, -0.05) is 6.92 Å². The van der Waals surface area contributed by atoms with E-state index in [9.17, 15) is 9.59 Å². The first-order valence-electron chi connectivity index (χ1n) is 9.96. The minimum absolute atomic E-state index is 0. The highest BCUT2D eigenvalue weighted by molar-refractivity contribution is 14.0. The van der Waals surface area contributed by atoms with Crippen molar-refractivity contribution in [3.05, 3.63) is 0 Å². The first-order valence-corrected chi connectivity index (χ1v) is 9.96. The maximum Gasteiger partial charge on any atom is 0.243 e. The summed E-state index contributed by atoms with van der Waals surface area (Å²) in [7, 11) is 3.43. The number of carbonyl (C=O) groups excluding carboxylic acids is 2. The monoisotopic (exact) mass is 510 g/mol. The summed E-state index contributed by atoms with van der Waals surface area (Å²) >= 11 is 0. The molecule has 0 saturated carbocycles. The van der Waals surface area contributed by atoms with E-state index in [4.69, 9.17) is 0 Å². The topological polar surface area (TPSA) is 89.1 Å². The number of carbonyl (C=O) groups is 2. The highest BCUT2D eigenvalue weighted by atomic mass is 127. The van der Waals surface area contributed by atoms with Crippen LogP contribution < -0.4 is 16.0 Å². The fourth-order valence-corrected chi connectivity index (χ4v) is 3.00. The van der Waals surface area contributed by atoms with Crippen LogP contribution in [-0.4, -0.2) is 87.0 Å². The molecule has 1 heterocycles. The zero-order chi connectivity index (χ0) is 20.4. The Kier molecular flexibility index (Phi) is 12.7. The van der Waals surface area contributed by atoms with Gasteiger partial charge in [-0.15, -0.1) is 24.0 Å². The van der Waals surface area contributed by atoms with Gasteiger partial charge in [0.15, 0.2) is 5.96 Å². The molecule has 0 bridgehead atoms. The van der Waals surface area contributed by atoms with Crippen molar-refractivity contribution in [1.29, 1.82) is 0 Å². The number of likely N-dealkylation sites (N-methyl/N-ethyl adjacent to an activating group) is 2. The van der Waals surface area contributed by atoms with Gasteiger partial charge in [-0.3, -0.25) is 14.5 Å². The van der Waals surface area contributed by atoms with E-state index < -0.39 is 5.41 Å². The Bertz CT molecular complexity index is 525. The summed E-state index contributed by atoms with van der Waals surface area (Å²) in [5.41, 5.74) is -0.577. The normalized spacial score (nSPS) is 17.6. The van der Waals surface area contributed by atoms with E-state index in [1.54, 1.807) is 14.1 Å². The lowest BCUT2D eigenvalue weighted by Gasteiger charge is -2.27. The molecule has 9 heteroatoms. The first kappa shape index (κ1) is 26.9. The second-order valence-corrected chi connectivity index (χ2v) is 7.86. The van der Waals surface area contributed by atoms with Gasteiger partial charge in [0.05, 0.1) is 5.41 Å². The van der Waals surface area contributed by atoms with Crippen LogP contribution in [0, 0.1) is 5.41 Å². The predicted octanol–water partition coefficient (Wildman–Crippen LogP) is 0.874. The van der Waals surface area contributed by atoms with E-state index in [1.165, 1.54) is 11.3 Å². The van der Waals surface area contributed by atoms with Crippen LogP contribution in [0.2, 0.25) is 0 Å². The van der Waals surface area contributed by atoms with Crippen molar-refractivity contribution in [2.75, 3.05) is 53.4 Å². The SMILES string of the molecule is CCNC(=O)C(C)(C)CNC(=NCC(=O)N(C)C)NCC1CCCN1CC.I. The molecular weight excluding hydrogens is 471 g/mol. The van der Waals surface area contributed by atoms with Gasteiger partial charge < -0.3 is 20.9 Å². The third-order valence-electron chi connectivity index (χ3n) is 4.93. The maximum atomic E-state index is 12.2. The Morgan fingerprint density at radius 1 is 1.18 bits per heavy atom. The number of hydrogen-bond acceptors (Lipinski definition) is 4. The molecule has 164 valence electrons. The van der Waals surface area contributed by atoms with Gasteiger partial charge in [0.2, 0.25) is 11.8 Å². The van der Waals surface area contributed by atoms with E-state index in [1.807, 2.05) is 20.8 Å². The smallest absolute Gasteiger partial charge is 0.243 e. The Labute approximate surface area is 187 Å². The van der Waals surface area contributed by atoms with Crippen LogP contribution in [0.3, 0.4) is 0 Å². The van der Waals surface area contributed by atoms with E-state index in [-0.39, 0.29) is 42.3 Å². The summed E-state index contributed by atoms with van der Waals surface area (Å²) in [5, 5.41) is 9.46. The molecule has 0 radical (unpaired) electrons. The second kappa shape index (κ2) is 13.2. The quantitative estimate of drug-likeness (QED) is 0.244. The molecule has 8 nitrogen and oxygen atoms in total. The largest absolute Gasteiger partial charge is 0.356 e. The molecule has 1 atom stereocenters. The molecule has 1 fully saturated rings. The second-order valence-electron chi connectivity index (χ2n) is 7.86. The third-order valence-corrected chi connectivity index (χ3v) is 4.93. The Balaban J connectivity index is 0.00000729. The number of hydrogen-bond donors (Lipinski definition) is 3. The van der Waals surface area contributed by atoms with Crippen molar-refractivity contribution in [2.24, 2.45) is 10.4 Å². The summed E-state index contributed by atoms with van der Waals surface area (Å²) in [6.07, 6.45) is 2.37. The Morgan fingerprint density at radius 2 is 1.86 bits per heavy atom. The fraction of sp³-hybridized carbons (Fsp3) is 0.842. The van der Waals surface area contributed by atoms with E-state index >= 15 is 0 Å². The average Bonchev–Trinajstić information content (AvgIpc) is 3.08. The molecule has 0 aromatic heterocycles. The lowest BCUT2D eigenvalue weighted by atomic mass is 9.92. The summed E-state index contributed by atoms with van der Waals surface area (Å²) < 4.78 is 0. The van der Waals surface area contributed by atoms with Crippen molar-refractivity contribution >= 4 is 41.8 Å². The average molecular weight is 510 g/mol. The standard InChI is InChI=1S/C19H38N6O2.HI/c1-7-20-17(27)19(3,4)14-23-18(22-13-16(26)24(5)6)21-12-15-10-9-11-25(15)8-2;/h15H,7-14H2,1-6H3,(H,20,27)(H2,21,22,23);1H. The zero-order valence-corrected chi connectivity index (χ0v) is 20.6. The molecule has 0 aromatic carbocycles. The van der Waals surface area contributed by atoms with Crippen molar-refractivity contribution < 1.29 is 9.59 Å². The zero-order valence-electron chi connectivity index (χ0n) is 18.3. The summed E-state index contributed by atoms with van der Waals surface area (Å²) in [4.78, 5) is 32.5. The number of aliphatic imine (C=N–C) groups is 1. The lowest BCUT2D eigenvalue weighted by molar-refractivity contribution is -0.129. The number of amides is 2. The maximum absolute atomic E-state index is 12.2. The van der Waals surface area contributed by atoms with Crippen LogP contribution in [0.15, 0.2) is 4.99 Å². The summed E-state index contributed by atoms with van der Waals surface area (Å²) in [6, 6.07) is 0.475. The molecule has 2 amide bonds. The van der Waals surface area contributed by atoms with Crippen LogP contribution in [0.4, 0.5) is 0 Å². The molecular formula is C19H39IN6O2. The van der Waals surface area contributed by atoms with E-state index in [0.29, 0.717) is 25.1 Å². The molecule has 28 heavy (non-hydrogen) atoms. The van der Waals surface area contributed by atoms with Crippen molar-refractivity contribution in [1.82, 2.24) is 25.8 Å². The number of likely N-dealkylation sites (tertiary alicyclic amines) is 1. The minimum atomic E-state index is -0.577. The van der Waals surface area contributed by atoms with E-state index in [0.717, 1.165) is 26.1 Å². The minimum Gasteiger partial charge on any atom is -0.356 e. The van der Waals surface area contributed by atoms with Crippen LogP contribution in [0.25, 0.3) is 0 Å². The Hall–Kier alpha value is -1.10. The van der Waals surface area contributed by atoms with Gasteiger partial charge in [-0.25, -0.2) is 4.99 Å². The number of nitrogens with one attached hydrogen (secondary N) is 3. The van der Waals surface area contributed by atoms with Crippen LogP contribution in [0.1, 0.15) is 40.5 Å². The number of nitrogens with zero attached hydrogens (tertiary/aromatic N) is 3. The lowest BCUT2D eigenvalue weighted by Crippen LogP contribution is -2.50. The molecule has 3 N–H and O–H groups in total. The van der Waals surface area contributed by atoms with Gasteiger partial charge in [0, 0.05) is 39.8 Å². The molecule has 0 aliphatic carbocycles. The molecule has 0 spiro atoms. The van der Waals surface area contributed by atoms with Gasteiger partial charge in [0.1, 0.15) is 6.54 Å². The number of halogens is 1. The molecule has 0 aromatic rings. The third kappa shape index (κ3) is 8.93. The summed E-state index contributed by atoms with van der Waals surface area (Å²) in [5.74, 6) is 0.509. The van der Waals surface area contributed by atoms with Crippen LogP contribution >= 0.6 is 24.0 Å². The number of rotatable bonds is 9. The van der Waals surface area contributed by atoms with Crippen molar-refractivity contribution in [2.45, 2.75) is 46.6 Å². The number of guanidine groups is 1. The van der Waals surface area contributed by atoms with Gasteiger partial charge in [0.25, 0.3) is 0 Å². The highest BCUT2D eigenvalue weighted by Gasteiger charge is 2.28. The molecule has 1 aliphatic rings. The summed E-state index contributed by atoms with van der Waals surface area (Å²) in [6.45, 7) is 11.9. The fourth-order valence-electron chi connectivity index (χ4n) is 3.00. The molecule has 1 rings (SSSR count). The van der Waals surface area contributed by atoms with Crippen molar-refractivity contribution in [3.63, 3.8) is 0 Å².